The Hall–Kier alpha value is -1.55. The number of hydrogen-bond acceptors (Lipinski definition) is 1. The van der Waals surface area contributed by atoms with E-state index in [1.54, 1.807) is 0 Å². The van der Waals surface area contributed by atoms with E-state index in [0.29, 0.717) is 0 Å². The van der Waals surface area contributed by atoms with Crippen molar-refractivity contribution in [1.29, 1.82) is 0 Å². The van der Waals surface area contributed by atoms with Crippen molar-refractivity contribution in [3.63, 3.8) is 0 Å². The second kappa shape index (κ2) is 4.37. The average Bonchev–Trinajstić information content (AvgIpc) is 2.94. The number of aromatic nitrogens is 3. The van der Waals surface area contributed by atoms with E-state index in [1.807, 2.05) is 23.1 Å². The highest BCUT2D eigenvalue weighted by Crippen LogP contribution is 2.20. The van der Waals surface area contributed by atoms with E-state index in [9.17, 15) is 0 Å². The molecule has 1 aromatic carbocycles. The predicted octanol–water partition coefficient (Wildman–Crippen LogP) is 3.30. The van der Waals surface area contributed by atoms with Crippen LogP contribution in [0.3, 0.4) is 0 Å². The highest BCUT2D eigenvalue weighted by atomic mass is 79.9. The molecule has 0 N–H and O–H groups in total. The molecular weight excluding hydrogens is 278 g/mol. The van der Waals surface area contributed by atoms with Gasteiger partial charge in [-0.2, -0.15) is 5.10 Å². The maximum atomic E-state index is 4.21. The lowest BCUT2D eigenvalue weighted by Crippen LogP contribution is -2.06. The molecule has 0 radical (unpaired) electrons. The zero-order valence-corrected chi connectivity index (χ0v) is 10.8. The van der Waals surface area contributed by atoms with Crippen LogP contribution >= 0.6 is 15.9 Å². The molecule has 17 heavy (non-hydrogen) atoms. The van der Waals surface area contributed by atoms with Crippen LogP contribution in [0.5, 0.6) is 0 Å². The van der Waals surface area contributed by atoms with Crippen LogP contribution in [0, 0.1) is 0 Å². The maximum absolute atomic E-state index is 4.21. The SMILES string of the molecule is Brc1ccc2c(ccn2CCn2cccn2)c1. The van der Waals surface area contributed by atoms with Crippen molar-refractivity contribution in [3.05, 3.63) is 53.4 Å². The first kappa shape index (κ1) is 10.6. The number of fused-ring (bicyclic) bond motifs is 1. The molecule has 86 valence electrons. The van der Waals surface area contributed by atoms with Gasteiger partial charge in [0.1, 0.15) is 0 Å². The van der Waals surface area contributed by atoms with Gasteiger partial charge in [-0.15, -0.1) is 0 Å². The molecule has 0 amide bonds. The van der Waals surface area contributed by atoms with E-state index in [0.717, 1.165) is 17.6 Å². The first-order chi connectivity index (χ1) is 8.33. The van der Waals surface area contributed by atoms with Gasteiger partial charge in [-0.1, -0.05) is 15.9 Å². The van der Waals surface area contributed by atoms with Crippen LogP contribution in [0.4, 0.5) is 0 Å². The van der Waals surface area contributed by atoms with Crippen molar-refractivity contribution >= 4 is 26.8 Å². The summed E-state index contributed by atoms with van der Waals surface area (Å²) in [4.78, 5) is 0. The standard InChI is InChI=1S/C13H12BrN3/c14-12-2-3-13-11(10-12)4-7-16(13)8-9-17-6-1-5-15-17/h1-7,10H,8-9H2. The third kappa shape index (κ3) is 2.13. The maximum Gasteiger partial charge on any atom is 0.0588 e. The molecule has 2 heterocycles. The zero-order chi connectivity index (χ0) is 11.7. The van der Waals surface area contributed by atoms with Gasteiger partial charge < -0.3 is 4.57 Å². The van der Waals surface area contributed by atoms with Crippen molar-refractivity contribution in [1.82, 2.24) is 14.3 Å². The van der Waals surface area contributed by atoms with Gasteiger partial charge in [-0.3, -0.25) is 4.68 Å². The number of halogens is 1. The Kier molecular flexibility index (Phi) is 2.73. The smallest absolute Gasteiger partial charge is 0.0588 e. The van der Waals surface area contributed by atoms with E-state index < -0.39 is 0 Å². The largest absolute Gasteiger partial charge is 0.346 e. The number of aryl methyl sites for hydroxylation is 2. The van der Waals surface area contributed by atoms with Crippen LogP contribution in [0.1, 0.15) is 0 Å². The van der Waals surface area contributed by atoms with E-state index >= 15 is 0 Å². The topological polar surface area (TPSA) is 22.8 Å². The monoisotopic (exact) mass is 289 g/mol. The van der Waals surface area contributed by atoms with Crippen LogP contribution in [-0.4, -0.2) is 14.3 Å². The Morgan fingerprint density at radius 2 is 2.06 bits per heavy atom. The molecule has 3 nitrogen and oxygen atoms in total. The van der Waals surface area contributed by atoms with Gasteiger partial charge in [-0.05, 0) is 30.3 Å². The molecule has 0 atom stereocenters. The van der Waals surface area contributed by atoms with Gasteiger partial charge in [0.15, 0.2) is 0 Å². The molecule has 0 saturated carbocycles. The summed E-state index contributed by atoms with van der Waals surface area (Å²) in [6.07, 6.45) is 5.92. The molecule has 0 aliphatic rings. The Morgan fingerprint density at radius 3 is 2.88 bits per heavy atom. The minimum absolute atomic E-state index is 0.896. The minimum atomic E-state index is 0.896. The predicted molar refractivity (Wildman–Crippen MR) is 71.9 cm³/mol. The molecule has 2 aromatic heterocycles. The summed E-state index contributed by atoms with van der Waals surface area (Å²) in [5, 5.41) is 5.47. The summed E-state index contributed by atoms with van der Waals surface area (Å²) in [5.41, 5.74) is 1.26. The lowest BCUT2D eigenvalue weighted by atomic mass is 10.2. The molecule has 0 spiro atoms. The fraction of sp³-hybridized carbons (Fsp3) is 0.154. The Balaban J connectivity index is 1.86. The highest BCUT2D eigenvalue weighted by molar-refractivity contribution is 9.10. The lowest BCUT2D eigenvalue weighted by molar-refractivity contribution is 0.543. The summed E-state index contributed by atoms with van der Waals surface area (Å²) < 4.78 is 5.32. The normalized spacial score (nSPS) is 11.1. The third-order valence-corrected chi connectivity index (χ3v) is 3.36. The molecule has 0 fully saturated rings. The average molecular weight is 290 g/mol. The minimum Gasteiger partial charge on any atom is -0.346 e. The fourth-order valence-corrected chi connectivity index (χ4v) is 2.39. The Morgan fingerprint density at radius 1 is 1.12 bits per heavy atom. The molecule has 0 saturated heterocycles. The Labute approximate surface area is 108 Å². The summed E-state index contributed by atoms with van der Waals surface area (Å²) in [6, 6.07) is 10.4. The van der Waals surface area contributed by atoms with Crippen LogP contribution in [0.2, 0.25) is 0 Å². The van der Waals surface area contributed by atoms with Crippen LogP contribution < -0.4 is 0 Å². The molecule has 0 aliphatic heterocycles. The second-order valence-corrected chi connectivity index (χ2v) is 4.90. The molecule has 0 aliphatic carbocycles. The van der Waals surface area contributed by atoms with Gasteiger partial charge in [0.25, 0.3) is 0 Å². The summed E-state index contributed by atoms with van der Waals surface area (Å²) >= 11 is 3.49. The van der Waals surface area contributed by atoms with E-state index in [1.165, 1.54) is 10.9 Å². The fourth-order valence-electron chi connectivity index (χ4n) is 2.01. The summed E-state index contributed by atoms with van der Waals surface area (Å²) in [6.45, 7) is 1.83. The first-order valence-electron chi connectivity index (χ1n) is 5.55. The lowest BCUT2D eigenvalue weighted by Gasteiger charge is -2.05. The van der Waals surface area contributed by atoms with Gasteiger partial charge in [-0.25, -0.2) is 0 Å². The summed E-state index contributed by atoms with van der Waals surface area (Å²) in [7, 11) is 0. The van der Waals surface area contributed by atoms with E-state index in [4.69, 9.17) is 0 Å². The van der Waals surface area contributed by atoms with Crippen LogP contribution in [0.25, 0.3) is 10.9 Å². The van der Waals surface area contributed by atoms with Crippen molar-refractivity contribution in [2.45, 2.75) is 13.1 Å². The van der Waals surface area contributed by atoms with E-state index in [-0.39, 0.29) is 0 Å². The second-order valence-electron chi connectivity index (χ2n) is 3.98. The molecule has 0 bridgehead atoms. The molecule has 0 unspecified atom stereocenters. The zero-order valence-electron chi connectivity index (χ0n) is 9.25. The third-order valence-electron chi connectivity index (χ3n) is 2.86. The van der Waals surface area contributed by atoms with Crippen molar-refractivity contribution < 1.29 is 0 Å². The van der Waals surface area contributed by atoms with Gasteiger partial charge in [0.05, 0.1) is 6.54 Å². The van der Waals surface area contributed by atoms with Gasteiger partial charge in [0.2, 0.25) is 0 Å². The van der Waals surface area contributed by atoms with Gasteiger partial charge in [0, 0.05) is 40.5 Å². The number of nitrogens with zero attached hydrogens (tertiary/aromatic N) is 3. The van der Waals surface area contributed by atoms with Gasteiger partial charge >= 0.3 is 0 Å². The number of rotatable bonds is 3. The Bertz CT molecular complexity index is 625. The quantitative estimate of drug-likeness (QED) is 0.725. The van der Waals surface area contributed by atoms with Crippen LogP contribution in [-0.2, 0) is 13.1 Å². The highest BCUT2D eigenvalue weighted by Gasteiger charge is 2.01. The molecule has 3 aromatic rings. The van der Waals surface area contributed by atoms with Crippen molar-refractivity contribution in [2.24, 2.45) is 0 Å². The molecule has 3 rings (SSSR count). The van der Waals surface area contributed by atoms with Crippen molar-refractivity contribution in [2.75, 3.05) is 0 Å². The summed E-state index contributed by atoms with van der Waals surface area (Å²) in [5.74, 6) is 0. The number of hydrogen-bond donors (Lipinski definition) is 0. The van der Waals surface area contributed by atoms with E-state index in [2.05, 4.69) is 56.1 Å². The number of benzene rings is 1. The van der Waals surface area contributed by atoms with Crippen molar-refractivity contribution in [3.8, 4) is 0 Å². The van der Waals surface area contributed by atoms with Crippen LogP contribution in [0.15, 0.2) is 53.4 Å². The first-order valence-corrected chi connectivity index (χ1v) is 6.34. The molecular formula is C13H12BrN3. The molecule has 4 heteroatoms.